The quantitative estimate of drug-likeness (QED) is 0.410. The van der Waals surface area contributed by atoms with Gasteiger partial charge in [0.25, 0.3) is 0 Å². The summed E-state index contributed by atoms with van der Waals surface area (Å²) < 4.78 is 46.1. The molecule has 8 heteroatoms. The van der Waals surface area contributed by atoms with Crippen LogP contribution in [0.4, 0.5) is 24.5 Å². The van der Waals surface area contributed by atoms with Gasteiger partial charge in [-0.15, -0.1) is 0 Å². The van der Waals surface area contributed by atoms with Crippen molar-refractivity contribution in [2.75, 3.05) is 23.0 Å². The van der Waals surface area contributed by atoms with Gasteiger partial charge in [0, 0.05) is 31.8 Å². The van der Waals surface area contributed by atoms with Crippen LogP contribution in [0.25, 0.3) is 0 Å². The molecule has 1 unspecified atom stereocenters. The second-order valence-electron chi connectivity index (χ2n) is 8.84. The molecule has 0 amide bonds. The topological polar surface area (TPSA) is 28.1 Å². The average Bonchev–Trinajstić information content (AvgIpc) is 3.19. The number of benzene rings is 2. The number of alkyl halides is 3. The van der Waals surface area contributed by atoms with Crippen molar-refractivity contribution in [3.63, 3.8) is 0 Å². The first-order valence-electron chi connectivity index (χ1n) is 12.4. The summed E-state index contributed by atoms with van der Waals surface area (Å²) in [7, 11) is 0. The predicted molar refractivity (Wildman–Crippen MR) is 139 cm³/mol. The number of aryl methyl sites for hydroxylation is 1. The molecule has 0 spiro atoms. The van der Waals surface area contributed by atoms with Crippen molar-refractivity contribution in [3.05, 3.63) is 53.1 Å². The Morgan fingerprint density at radius 3 is 2.26 bits per heavy atom. The number of nitrogens with zero attached hydrogens (tertiary/aromatic N) is 3. The van der Waals surface area contributed by atoms with E-state index >= 15 is 0 Å². The van der Waals surface area contributed by atoms with Crippen molar-refractivity contribution in [1.29, 1.82) is 0 Å². The van der Waals surface area contributed by atoms with E-state index in [-0.39, 0.29) is 12.1 Å². The largest absolute Gasteiger partial charge is 0.490 e. The van der Waals surface area contributed by atoms with E-state index in [0.717, 1.165) is 36.6 Å². The average molecular weight is 510 g/mol. The zero-order valence-corrected chi connectivity index (χ0v) is 21.8. The molecule has 0 saturated carbocycles. The fraction of sp³-hybridized carbons (Fsp3) is 0.519. The summed E-state index contributed by atoms with van der Waals surface area (Å²) in [6.07, 6.45) is -2.02. The monoisotopic (exact) mass is 509 g/mol. The van der Waals surface area contributed by atoms with E-state index in [9.17, 15) is 13.2 Å². The highest BCUT2D eigenvalue weighted by molar-refractivity contribution is 6.33. The van der Waals surface area contributed by atoms with Crippen LogP contribution in [0.3, 0.4) is 0 Å². The zero-order valence-electron chi connectivity index (χ0n) is 21.1. The van der Waals surface area contributed by atoms with Gasteiger partial charge in [0.1, 0.15) is 17.6 Å². The lowest BCUT2D eigenvalue weighted by Gasteiger charge is -2.34. The third kappa shape index (κ3) is 6.24. The molecular weight excluding hydrogens is 475 g/mol. The molecule has 2 aliphatic heterocycles. The van der Waals surface area contributed by atoms with Crippen LogP contribution in [0.1, 0.15) is 52.5 Å². The number of hydrazone groups is 1. The second kappa shape index (κ2) is 11.5. The van der Waals surface area contributed by atoms with Crippen molar-refractivity contribution in [3.8, 4) is 5.75 Å². The number of hydrogen-bond donors (Lipinski definition) is 0. The highest BCUT2D eigenvalue weighted by Crippen LogP contribution is 2.37. The third-order valence-corrected chi connectivity index (χ3v) is 6.85. The van der Waals surface area contributed by atoms with E-state index in [1.54, 1.807) is 19.1 Å². The number of hydrogen-bond acceptors (Lipinski definition) is 4. The molecule has 0 aromatic heterocycles. The minimum Gasteiger partial charge on any atom is -0.490 e. The Balaban J connectivity index is 0.00000167. The van der Waals surface area contributed by atoms with Crippen molar-refractivity contribution >= 4 is 28.7 Å². The van der Waals surface area contributed by atoms with Gasteiger partial charge in [0.2, 0.25) is 0 Å². The molecule has 0 aliphatic carbocycles. The molecule has 1 fully saturated rings. The van der Waals surface area contributed by atoms with Gasteiger partial charge in [-0.1, -0.05) is 45.4 Å². The van der Waals surface area contributed by atoms with Gasteiger partial charge in [-0.25, -0.2) is 0 Å². The van der Waals surface area contributed by atoms with Crippen molar-refractivity contribution in [2.24, 2.45) is 11.0 Å². The molecule has 2 aromatic carbocycles. The molecule has 35 heavy (non-hydrogen) atoms. The van der Waals surface area contributed by atoms with E-state index in [0.29, 0.717) is 17.9 Å². The van der Waals surface area contributed by atoms with E-state index in [1.165, 1.54) is 10.6 Å². The molecule has 2 aromatic rings. The standard InChI is InChI=1S/C25H29ClF3N3O.C2H6/c1-4-22-17(3)24(25(27,28)29)30-32(22)18-6-8-19(9-7-18)33-20-11-13-31(14-12-20)23-15-16(2)5-10-21(23)26;1-2/h5-10,15,17,20,22H,4,11-14H2,1-3H3;1-2H3/t17?,22-;/m0./s1. The highest BCUT2D eigenvalue weighted by Gasteiger charge is 2.47. The fourth-order valence-electron chi connectivity index (χ4n) is 4.72. The van der Waals surface area contributed by atoms with E-state index in [4.69, 9.17) is 16.3 Å². The number of anilines is 2. The maximum atomic E-state index is 13.3. The Bertz CT molecular complexity index is 1000. The first-order valence-corrected chi connectivity index (χ1v) is 12.8. The Kier molecular flexibility index (Phi) is 8.97. The Morgan fingerprint density at radius 2 is 1.69 bits per heavy atom. The van der Waals surface area contributed by atoms with E-state index < -0.39 is 17.8 Å². The van der Waals surface area contributed by atoms with Gasteiger partial charge < -0.3 is 9.64 Å². The van der Waals surface area contributed by atoms with Gasteiger partial charge in [-0.05, 0) is 55.3 Å². The number of rotatable bonds is 5. The minimum atomic E-state index is -4.41. The van der Waals surface area contributed by atoms with Gasteiger partial charge >= 0.3 is 6.18 Å². The molecular formula is C27H35ClF3N3O. The van der Waals surface area contributed by atoms with Crippen LogP contribution in [0.15, 0.2) is 47.6 Å². The third-order valence-electron chi connectivity index (χ3n) is 6.54. The Labute approximate surface area is 211 Å². The van der Waals surface area contributed by atoms with Crippen LogP contribution in [-0.4, -0.2) is 37.1 Å². The van der Waals surface area contributed by atoms with Crippen molar-refractivity contribution in [1.82, 2.24) is 0 Å². The van der Waals surface area contributed by atoms with Gasteiger partial charge in [-0.3, -0.25) is 5.01 Å². The van der Waals surface area contributed by atoms with Gasteiger partial charge in [-0.2, -0.15) is 18.3 Å². The lowest BCUT2D eigenvalue weighted by Crippen LogP contribution is -2.38. The molecule has 2 atom stereocenters. The summed E-state index contributed by atoms with van der Waals surface area (Å²) in [5.74, 6) is 0.0455. The summed E-state index contributed by atoms with van der Waals surface area (Å²) in [6.45, 7) is 11.2. The molecule has 1 saturated heterocycles. The lowest BCUT2D eigenvalue weighted by atomic mass is 9.95. The number of piperidine rings is 1. The Hall–Kier alpha value is -2.41. The minimum absolute atomic E-state index is 0.0840. The molecule has 0 N–H and O–H groups in total. The molecule has 2 aliphatic rings. The SMILES string of the molecule is CC.CC[C@H]1C(C)C(C(F)(F)F)=NN1c1ccc(OC2CCN(c3cc(C)ccc3Cl)CC2)cc1. The van der Waals surface area contributed by atoms with Gasteiger partial charge in [0.15, 0.2) is 0 Å². The highest BCUT2D eigenvalue weighted by atomic mass is 35.5. The van der Waals surface area contributed by atoms with Crippen LogP contribution >= 0.6 is 11.6 Å². The van der Waals surface area contributed by atoms with Crippen LogP contribution in [0.5, 0.6) is 5.75 Å². The number of ether oxygens (including phenoxy) is 1. The summed E-state index contributed by atoms with van der Waals surface area (Å²) in [5, 5.41) is 6.19. The molecule has 4 nitrogen and oxygen atoms in total. The van der Waals surface area contributed by atoms with Gasteiger partial charge in [0.05, 0.1) is 22.4 Å². The predicted octanol–water partition coefficient (Wildman–Crippen LogP) is 7.88. The smallest absolute Gasteiger partial charge is 0.431 e. The normalized spacial score (nSPS) is 20.9. The maximum Gasteiger partial charge on any atom is 0.431 e. The van der Waals surface area contributed by atoms with Crippen LogP contribution in [-0.2, 0) is 0 Å². The second-order valence-corrected chi connectivity index (χ2v) is 9.25. The maximum absolute atomic E-state index is 13.3. The summed E-state index contributed by atoms with van der Waals surface area (Å²) in [6, 6.07) is 12.9. The molecule has 0 radical (unpaired) electrons. The lowest BCUT2D eigenvalue weighted by molar-refractivity contribution is -0.0620. The molecule has 4 rings (SSSR count). The summed E-state index contributed by atoms with van der Waals surface area (Å²) in [5.41, 5.74) is 2.17. The summed E-state index contributed by atoms with van der Waals surface area (Å²) in [4.78, 5) is 2.29. The van der Waals surface area contributed by atoms with Crippen LogP contribution in [0, 0.1) is 12.8 Å². The number of halogens is 4. The van der Waals surface area contributed by atoms with E-state index in [1.807, 2.05) is 45.0 Å². The Morgan fingerprint density at radius 1 is 1.06 bits per heavy atom. The van der Waals surface area contributed by atoms with Crippen LogP contribution < -0.4 is 14.6 Å². The first-order chi connectivity index (χ1) is 16.7. The van der Waals surface area contributed by atoms with Crippen LogP contribution in [0.2, 0.25) is 5.02 Å². The zero-order chi connectivity index (χ0) is 25.8. The summed E-state index contributed by atoms with van der Waals surface area (Å²) >= 11 is 6.38. The van der Waals surface area contributed by atoms with E-state index in [2.05, 4.69) is 23.0 Å². The molecule has 2 heterocycles. The first kappa shape index (κ1) is 27.2. The molecule has 0 bridgehead atoms. The molecule has 192 valence electrons. The van der Waals surface area contributed by atoms with Crippen molar-refractivity contribution < 1.29 is 17.9 Å². The van der Waals surface area contributed by atoms with Crippen molar-refractivity contribution in [2.45, 2.75) is 72.2 Å². The fourth-order valence-corrected chi connectivity index (χ4v) is 4.95.